The minimum atomic E-state index is -4.03. The smallest absolute Gasteiger partial charge is 0.408 e. The van der Waals surface area contributed by atoms with E-state index in [0.717, 1.165) is 19.3 Å². The van der Waals surface area contributed by atoms with Crippen molar-refractivity contribution < 1.29 is 36.5 Å². The third-order valence-corrected chi connectivity index (χ3v) is 7.77. The van der Waals surface area contributed by atoms with Crippen LogP contribution in [0.1, 0.15) is 85.0 Å². The summed E-state index contributed by atoms with van der Waals surface area (Å²) in [5.74, 6) is -1.76. The molecule has 39 heavy (non-hydrogen) atoms. The van der Waals surface area contributed by atoms with Crippen molar-refractivity contribution in [2.24, 2.45) is 17.6 Å². The van der Waals surface area contributed by atoms with Crippen LogP contribution in [0, 0.1) is 11.8 Å². The number of amides is 4. The van der Waals surface area contributed by atoms with Gasteiger partial charge in [-0.1, -0.05) is 25.0 Å². The molecule has 220 valence electrons. The van der Waals surface area contributed by atoms with E-state index in [1.807, 2.05) is 16.9 Å². The summed E-state index contributed by atoms with van der Waals surface area (Å²) in [4.78, 5) is 50.9. The fraction of sp³-hybridized carbons (Fsp3) is 0.769. The highest BCUT2D eigenvalue weighted by Crippen LogP contribution is 2.40. The molecule has 2 saturated carbocycles. The summed E-state index contributed by atoms with van der Waals surface area (Å²) >= 11 is 0. The second kappa shape index (κ2) is 13.1. The van der Waals surface area contributed by atoms with E-state index in [0.29, 0.717) is 51.5 Å². The van der Waals surface area contributed by atoms with Crippen molar-refractivity contribution in [2.75, 3.05) is 6.54 Å². The molecule has 3 rings (SSSR count). The number of likely N-dealkylation sites (tertiary alicyclic amines) is 1. The molecule has 0 aromatic heterocycles. The van der Waals surface area contributed by atoms with Gasteiger partial charge >= 0.3 is 16.4 Å². The fourth-order valence-electron chi connectivity index (χ4n) is 4.59. The largest absolute Gasteiger partial charge is 0.444 e. The SMILES string of the molecule is CC(C)(C)OC(=O)N[C@@H](CCCCC/C=C\[C@@H]1C[C@@H]1C(=O)NS(=O)(=O)OC1CC1)C(=O)N1CCC[C@H]1C(N)=O. The first-order chi connectivity index (χ1) is 18.3. The summed E-state index contributed by atoms with van der Waals surface area (Å²) in [5.41, 5.74) is 4.76. The summed E-state index contributed by atoms with van der Waals surface area (Å²) in [6.45, 7) is 5.64. The first kappa shape index (κ1) is 30.9. The molecule has 0 aromatic rings. The molecule has 1 heterocycles. The van der Waals surface area contributed by atoms with Crippen molar-refractivity contribution in [3.63, 3.8) is 0 Å². The van der Waals surface area contributed by atoms with Gasteiger partial charge in [-0.3, -0.25) is 18.6 Å². The number of allylic oxidation sites excluding steroid dienone is 2. The average Bonchev–Trinajstić information content (AvgIpc) is 3.72. The van der Waals surface area contributed by atoms with Gasteiger partial charge < -0.3 is 20.7 Å². The Kier molecular flexibility index (Phi) is 10.4. The van der Waals surface area contributed by atoms with Crippen molar-refractivity contribution in [2.45, 2.75) is 109 Å². The van der Waals surface area contributed by atoms with Gasteiger partial charge in [0.15, 0.2) is 0 Å². The number of ether oxygens (including phenoxy) is 1. The number of carbonyl (C=O) groups is 4. The molecule has 13 heteroatoms. The van der Waals surface area contributed by atoms with Crippen LogP contribution in [0.25, 0.3) is 0 Å². The van der Waals surface area contributed by atoms with E-state index in [2.05, 4.69) is 5.32 Å². The van der Waals surface area contributed by atoms with E-state index < -0.39 is 45.9 Å². The van der Waals surface area contributed by atoms with Crippen LogP contribution in [-0.4, -0.2) is 67.5 Å². The molecule has 3 aliphatic rings. The number of hydrogen-bond donors (Lipinski definition) is 3. The number of nitrogens with one attached hydrogen (secondary N) is 2. The van der Waals surface area contributed by atoms with E-state index in [1.54, 1.807) is 20.8 Å². The van der Waals surface area contributed by atoms with E-state index in [9.17, 15) is 27.6 Å². The molecule has 0 bridgehead atoms. The third kappa shape index (κ3) is 10.4. The Balaban J connectivity index is 1.39. The highest BCUT2D eigenvalue weighted by Gasteiger charge is 2.43. The Morgan fingerprint density at radius 2 is 1.82 bits per heavy atom. The van der Waals surface area contributed by atoms with Crippen molar-refractivity contribution >= 4 is 34.1 Å². The summed E-state index contributed by atoms with van der Waals surface area (Å²) in [6, 6.07) is -1.48. The maximum Gasteiger partial charge on any atom is 0.408 e. The molecule has 0 radical (unpaired) electrons. The molecule has 2 aliphatic carbocycles. The highest BCUT2D eigenvalue weighted by molar-refractivity contribution is 7.85. The number of alkyl carbamates (subject to hydrolysis) is 1. The summed E-state index contributed by atoms with van der Waals surface area (Å²) in [6.07, 6.45) is 9.57. The van der Waals surface area contributed by atoms with Gasteiger partial charge in [-0.2, -0.15) is 8.42 Å². The van der Waals surface area contributed by atoms with Gasteiger partial charge in [0.25, 0.3) is 0 Å². The standard InChI is InChI=1S/C26H42N4O8S/c1-26(2,3)37-25(34)28-20(24(33)30-15-9-12-21(30)22(27)31)11-8-6-4-5-7-10-17-16-19(17)23(32)29-39(35,36)38-18-13-14-18/h7,10,17-21H,4-6,8-9,11-16H2,1-3H3,(H2,27,31)(H,28,34)(H,29,32)/b10-7-/t17-,19+,20+,21+/m1/s1. The van der Waals surface area contributed by atoms with E-state index >= 15 is 0 Å². The minimum absolute atomic E-state index is 0.0137. The van der Waals surface area contributed by atoms with Crippen LogP contribution < -0.4 is 15.8 Å². The van der Waals surface area contributed by atoms with Crippen LogP contribution in [0.15, 0.2) is 12.2 Å². The van der Waals surface area contributed by atoms with E-state index in [-0.39, 0.29) is 23.8 Å². The third-order valence-electron chi connectivity index (χ3n) is 6.79. The van der Waals surface area contributed by atoms with Crippen LogP contribution in [-0.2, 0) is 33.6 Å². The number of rotatable bonds is 14. The molecule has 0 unspecified atom stereocenters. The Hall–Kier alpha value is -2.67. The predicted molar refractivity (Wildman–Crippen MR) is 142 cm³/mol. The van der Waals surface area contributed by atoms with Gasteiger partial charge in [0.1, 0.15) is 17.7 Å². The van der Waals surface area contributed by atoms with Gasteiger partial charge in [-0.15, -0.1) is 0 Å². The van der Waals surface area contributed by atoms with Crippen molar-refractivity contribution in [1.29, 1.82) is 0 Å². The van der Waals surface area contributed by atoms with Crippen LogP contribution in [0.3, 0.4) is 0 Å². The summed E-state index contributed by atoms with van der Waals surface area (Å²) in [5, 5.41) is 2.67. The molecule has 4 atom stereocenters. The normalized spacial score (nSPS) is 23.9. The molecule has 12 nitrogen and oxygen atoms in total. The van der Waals surface area contributed by atoms with Gasteiger partial charge in [0, 0.05) is 12.5 Å². The van der Waals surface area contributed by atoms with E-state index in [4.69, 9.17) is 14.7 Å². The molecular weight excluding hydrogens is 528 g/mol. The van der Waals surface area contributed by atoms with Crippen LogP contribution in [0.4, 0.5) is 4.79 Å². The quantitative estimate of drug-likeness (QED) is 0.210. The molecule has 4 N–H and O–H groups in total. The Morgan fingerprint density at radius 3 is 2.46 bits per heavy atom. The molecule has 1 saturated heterocycles. The number of unbranched alkanes of at least 4 members (excludes halogenated alkanes) is 3. The zero-order valence-electron chi connectivity index (χ0n) is 23.0. The zero-order valence-corrected chi connectivity index (χ0v) is 23.8. The first-order valence-corrected chi connectivity index (χ1v) is 15.2. The second-order valence-corrected chi connectivity index (χ2v) is 12.9. The number of carbonyl (C=O) groups excluding carboxylic acids is 4. The van der Waals surface area contributed by atoms with Crippen LogP contribution in [0.5, 0.6) is 0 Å². The lowest BCUT2D eigenvalue weighted by Gasteiger charge is -2.28. The lowest BCUT2D eigenvalue weighted by molar-refractivity contribution is -0.139. The topological polar surface area (TPSA) is 174 Å². The monoisotopic (exact) mass is 570 g/mol. The minimum Gasteiger partial charge on any atom is -0.444 e. The number of primary amides is 1. The second-order valence-electron chi connectivity index (χ2n) is 11.6. The molecular formula is C26H42N4O8S. The van der Waals surface area contributed by atoms with Crippen LogP contribution in [0.2, 0.25) is 0 Å². The van der Waals surface area contributed by atoms with Crippen LogP contribution >= 0.6 is 0 Å². The predicted octanol–water partition coefficient (Wildman–Crippen LogP) is 2.04. The molecule has 0 aromatic carbocycles. The molecule has 4 amide bonds. The lowest BCUT2D eigenvalue weighted by atomic mass is 10.0. The number of nitrogens with two attached hydrogens (primary N) is 1. The lowest BCUT2D eigenvalue weighted by Crippen LogP contribution is -2.53. The molecule has 1 aliphatic heterocycles. The molecule has 0 spiro atoms. The Bertz CT molecular complexity index is 1050. The van der Waals surface area contributed by atoms with Gasteiger partial charge in [0.05, 0.1) is 6.10 Å². The number of hydrogen-bond acceptors (Lipinski definition) is 8. The van der Waals surface area contributed by atoms with Gasteiger partial charge in [-0.05, 0) is 78.1 Å². The molecule has 3 fully saturated rings. The zero-order chi connectivity index (χ0) is 28.8. The van der Waals surface area contributed by atoms with Crippen molar-refractivity contribution in [1.82, 2.24) is 14.9 Å². The van der Waals surface area contributed by atoms with Gasteiger partial charge in [-0.25, -0.2) is 9.52 Å². The summed E-state index contributed by atoms with van der Waals surface area (Å²) < 4.78 is 35.7. The van der Waals surface area contributed by atoms with Crippen molar-refractivity contribution in [3.05, 3.63) is 12.2 Å². The fourth-order valence-corrected chi connectivity index (χ4v) is 5.58. The van der Waals surface area contributed by atoms with Crippen molar-refractivity contribution in [3.8, 4) is 0 Å². The number of nitrogens with zero attached hydrogens (tertiary/aromatic N) is 1. The van der Waals surface area contributed by atoms with E-state index in [1.165, 1.54) is 4.90 Å². The maximum atomic E-state index is 13.2. The average molecular weight is 571 g/mol. The summed E-state index contributed by atoms with van der Waals surface area (Å²) in [7, 11) is -4.03. The first-order valence-electron chi connectivity index (χ1n) is 13.8. The van der Waals surface area contributed by atoms with Gasteiger partial charge in [0.2, 0.25) is 17.7 Å². The Labute approximate surface area is 230 Å². The maximum absolute atomic E-state index is 13.2. The highest BCUT2D eigenvalue weighted by atomic mass is 32.2. The Morgan fingerprint density at radius 1 is 1.10 bits per heavy atom.